The van der Waals surface area contributed by atoms with E-state index in [9.17, 15) is 0 Å². The highest BCUT2D eigenvalue weighted by molar-refractivity contribution is 5.23. The molecule has 0 N–H and O–H groups in total. The predicted molar refractivity (Wildman–Crippen MR) is 72.4 cm³/mol. The van der Waals surface area contributed by atoms with Gasteiger partial charge in [0.05, 0.1) is 19.3 Å². The number of unbranched alkanes of at least 4 members (excludes halogenated alkanes) is 1. The second-order valence-corrected chi connectivity index (χ2v) is 3.64. The molecule has 0 radical (unpaired) electrons. The van der Waals surface area contributed by atoms with Gasteiger partial charge in [0.15, 0.2) is 0 Å². The molecule has 0 bridgehead atoms. The molecule has 0 rings (SSSR count). The molecule has 0 aliphatic heterocycles. The first-order chi connectivity index (χ1) is 8.35. The molecule has 0 atom stereocenters. The molecule has 0 amide bonds. The molecule has 17 heavy (non-hydrogen) atoms. The van der Waals surface area contributed by atoms with Crippen LogP contribution in [0.4, 0.5) is 0 Å². The normalized spacial score (nSPS) is 9.59. The van der Waals surface area contributed by atoms with Crippen LogP contribution < -0.4 is 0 Å². The Labute approximate surface area is 106 Å². The monoisotopic (exact) mass is 236 g/mol. The Kier molecular flexibility index (Phi) is 11.7. The third kappa shape index (κ3) is 10.9. The number of hydrogen-bond donors (Lipinski definition) is 0. The maximum absolute atomic E-state index is 5.43. The van der Waals surface area contributed by atoms with E-state index in [0.29, 0.717) is 19.2 Å². The summed E-state index contributed by atoms with van der Waals surface area (Å²) in [6, 6.07) is 0. The highest BCUT2D eigenvalue weighted by atomic mass is 16.7. The lowest BCUT2D eigenvalue weighted by Crippen LogP contribution is -1.99. The second-order valence-electron chi connectivity index (χ2n) is 3.64. The summed E-state index contributed by atoms with van der Waals surface area (Å²) in [4.78, 5) is 0. The van der Waals surface area contributed by atoms with Crippen molar-refractivity contribution in [1.82, 2.24) is 0 Å². The standard InChI is InChI=1S/C15H24O2/c1-4-7-8-9-10-11-12-15(16-13-5-2)17-14-6-3/h8-9,12H,4-7,13-14H2,1-3H3/b9-8+. The molecule has 0 aromatic heterocycles. The van der Waals surface area contributed by atoms with Crippen LogP contribution >= 0.6 is 0 Å². The summed E-state index contributed by atoms with van der Waals surface area (Å²) in [6.07, 6.45) is 9.80. The Hall–Kier alpha value is -1.36. The summed E-state index contributed by atoms with van der Waals surface area (Å²) in [6.45, 7) is 7.62. The molecule has 0 spiro atoms. The predicted octanol–water partition coefficient (Wildman–Crippen LogP) is 4.04. The van der Waals surface area contributed by atoms with Gasteiger partial charge in [-0.2, -0.15) is 0 Å². The van der Waals surface area contributed by atoms with Crippen molar-refractivity contribution in [3.05, 3.63) is 24.2 Å². The van der Waals surface area contributed by atoms with Gasteiger partial charge in [-0.05, 0) is 25.3 Å². The summed E-state index contributed by atoms with van der Waals surface area (Å²) < 4.78 is 10.9. The summed E-state index contributed by atoms with van der Waals surface area (Å²) >= 11 is 0. The van der Waals surface area contributed by atoms with Gasteiger partial charge in [0.25, 0.3) is 5.95 Å². The largest absolute Gasteiger partial charge is 0.465 e. The van der Waals surface area contributed by atoms with E-state index in [1.807, 2.05) is 6.08 Å². The zero-order chi connectivity index (χ0) is 12.8. The van der Waals surface area contributed by atoms with E-state index in [4.69, 9.17) is 9.47 Å². The molecule has 2 heteroatoms. The highest BCUT2D eigenvalue weighted by Gasteiger charge is 1.95. The molecule has 0 aliphatic carbocycles. The molecule has 2 nitrogen and oxygen atoms in total. The Morgan fingerprint density at radius 3 is 2.12 bits per heavy atom. The third-order valence-corrected chi connectivity index (χ3v) is 1.83. The van der Waals surface area contributed by atoms with Crippen LogP contribution in [-0.4, -0.2) is 13.2 Å². The lowest BCUT2D eigenvalue weighted by Gasteiger charge is -2.08. The van der Waals surface area contributed by atoms with Crippen molar-refractivity contribution in [3.63, 3.8) is 0 Å². The van der Waals surface area contributed by atoms with E-state index in [2.05, 4.69) is 38.7 Å². The first kappa shape index (κ1) is 15.6. The van der Waals surface area contributed by atoms with Crippen LogP contribution in [0.5, 0.6) is 0 Å². The summed E-state index contributed by atoms with van der Waals surface area (Å²) in [5.74, 6) is 6.38. The average molecular weight is 236 g/mol. The summed E-state index contributed by atoms with van der Waals surface area (Å²) in [5.41, 5.74) is 0. The fourth-order valence-electron chi connectivity index (χ4n) is 0.988. The second kappa shape index (κ2) is 12.7. The van der Waals surface area contributed by atoms with Gasteiger partial charge in [-0.15, -0.1) is 0 Å². The maximum Gasteiger partial charge on any atom is 0.287 e. The Morgan fingerprint density at radius 1 is 0.941 bits per heavy atom. The zero-order valence-corrected chi connectivity index (χ0v) is 11.3. The van der Waals surface area contributed by atoms with E-state index < -0.39 is 0 Å². The van der Waals surface area contributed by atoms with Crippen LogP contribution in [0.1, 0.15) is 46.5 Å². The van der Waals surface area contributed by atoms with Gasteiger partial charge >= 0.3 is 0 Å². The number of hydrogen-bond acceptors (Lipinski definition) is 2. The minimum atomic E-state index is 0.532. The van der Waals surface area contributed by atoms with Crippen LogP contribution in [0.25, 0.3) is 0 Å². The molecule has 0 unspecified atom stereocenters. The van der Waals surface area contributed by atoms with Crippen molar-refractivity contribution >= 4 is 0 Å². The minimum absolute atomic E-state index is 0.532. The molecular weight excluding hydrogens is 212 g/mol. The quantitative estimate of drug-likeness (QED) is 0.468. The summed E-state index contributed by atoms with van der Waals surface area (Å²) in [7, 11) is 0. The van der Waals surface area contributed by atoms with E-state index >= 15 is 0 Å². The molecule has 0 aromatic rings. The molecule has 96 valence electrons. The van der Waals surface area contributed by atoms with Crippen LogP contribution in [0.15, 0.2) is 24.2 Å². The molecule has 0 saturated heterocycles. The van der Waals surface area contributed by atoms with Crippen LogP contribution in [0, 0.1) is 11.8 Å². The van der Waals surface area contributed by atoms with Gasteiger partial charge in [-0.25, -0.2) is 0 Å². The van der Waals surface area contributed by atoms with E-state index in [1.54, 1.807) is 6.08 Å². The van der Waals surface area contributed by atoms with Crippen LogP contribution in [0.2, 0.25) is 0 Å². The Bertz CT molecular complexity index is 269. The maximum atomic E-state index is 5.43. The number of ether oxygens (including phenoxy) is 2. The van der Waals surface area contributed by atoms with Crippen molar-refractivity contribution in [3.8, 4) is 11.8 Å². The van der Waals surface area contributed by atoms with Gasteiger partial charge in [0.2, 0.25) is 0 Å². The van der Waals surface area contributed by atoms with Gasteiger partial charge in [-0.1, -0.05) is 45.1 Å². The zero-order valence-electron chi connectivity index (χ0n) is 11.3. The van der Waals surface area contributed by atoms with Gasteiger partial charge in [-0.3, -0.25) is 0 Å². The highest BCUT2D eigenvalue weighted by Crippen LogP contribution is 2.01. The van der Waals surface area contributed by atoms with Gasteiger partial charge in [0.1, 0.15) is 0 Å². The van der Waals surface area contributed by atoms with Crippen molar-refractivity contribution in [2.45, 2.75) is 46.5 Å². The Morgan fingerprint density at radius 2 is 1.59 bits per heavy atom. The molecule has 0 aromatic carbocycles. The molecule has 0 fully saturated rings. The topological polar surface area (TPSA) is 18.5 Å². The molecule has 0 saturated carbocycles. The van der Waals surface area contributed by atoms with Gasteiger partial charge < -0.3 is 9.47 Å². The van der Waals surface area contributed by atoms with E-state index in [1.165, 1.54) is 0 Å². The van der Waals surface area contributed by atoms with Crippen molar-refractivity contribution in [1.29, 1.82) is 0 Å². The molecule has 0 aliphatic rings. The van der Waals surface area contributed by atoms with Crippen LogP contribution in [0.3, 0.4) is 0 Å². The number of rotatable bonds is 8. The fraction of sp³-hybridized carbons (Fsp3) is 0.600. The fourth-order valence-corrected chi connectivity index (χ4v) is 0.988. The third-order valence-electron chi connectivity index (χ3n) is 1.83. The smallest absolute Gasteiger partial charge is 0.287 e. The van der Waals surface area contributed by atoms with E-state index in [-0.39, 0.29) is 0 Å². The van der Waals surface area contributed by atoms with Gasteiger partial charge in [0, 0.05) is 0 Å². The van der Waals surface area contributed by atoms with Crippen molar-refractivity contribution in [2.75, 3.05) is 13.2 Å². The van der Waals surface area contributed by atoms with E-state index in [0.717, 1.165) is 25.7 Å². The van der Waals surface area contributed by atoms with Crippen molar-refractivity contribution in [2.24, 2.45) is 0 Å². The lowest BCUT2D eigenvalue weighted by atomic mass is 10.3. The SMILES string of the molecule is CCC/C=C/C#CC=C(OCCC)OCCC. The van der Waals surface area contributed by atoms with Crippen LogP contribution in [-0.2, 0) is 9.47 Å². The van der Waals surface area contributed by atoms with Crippen molar-refractivity contribution < 1.29 is 9.47 Å². The minimum Gasteiger partial charge on any atom is -0.465 e. The Balaban J connectivity index is 4.14. The average Bonchev–Trinajstić information content (AvgIpc) is 2.35. The number of allylic oxidation sites excluding steroid dienone is 3. The lowest BCUT2D eigenvalue weighted by molar-refractivity contribution is 0.0361. The summed E-state index contributed by atoms with van der Waals surface area (Å²) in [5, 5.41) is 0. The first-order valence-electron chi connectivity index (χ1n) is 6.46. The first-order valence-corrected chi connectivity index (χ1v) is 6.46. The molecular formula is C15H24O2. The molecule has 0 heterocycles.